The highest BCUT2D eigenvalue weighted by Crippen LogP contribution is 2.23. The fourth-order valence-electron chi connectivity index (χ4n) is 3.81. The van der Waals surface area contributed by atoms with Gasteiger partial charge in [0.1, 0.15) is 6.04 Å². The van der Waals surface area contributed by atoms with Crippen LogP contribution in [-0.4, -0.2) is 29.4 Å². The van der Waals surface area contributed by atoms with Crippen LogP contribution in [0.3, 0.4) is 0 Å². The molecule has 5 nitrogen and oxygen atoms in total. The minimum absolute atomic E-state index is 0.207. The standard InChI is InChI=1S/C26H21Cl4N3O2/c27-17-6-5-15(21(29)12-17)9-10-31-26(35)24(11-16-14-32-23-4-2-1-3-19(16)23)33-25(34)20-8-7-18(28)13-22(20)30/h1-8,12-14,24,32H,9-11H2,(H,31,35)(H,33,34). The Hall–Kier alpha value is -2.70. The Labute approximate surface area is 222 Å². The molecule has 1 atom stereocenters. The molecule has 0 spiro atoms. The van der Waals surface area contributed by atoms with Crippen molar-refractivity contribution >= 4 is 69.1 Å². The number of amides is 2. The zero-order valence-corrected chi connectivity index (χ0v) is 21.4. The molecule has 9 heteroatoms. The Morgan fingerprint density at radius 2 is 1.57 bits per heavy atom. The number of halogens is 4. The van der Waals surface area contributed by atoms with Crippen LogP contribution in [0.4, 0.5) is 0 Å². The van der Waals surface area contributed by atoms with Crippen molar-refractivity contribution in [2.24, 2.45) is 0 Å². The van der Waals surface area contributed by atoms with Gasteiger partial charge in [-0.1, -0.05) is 70.7 Å². The number of para-hydroxylation sites is 1. The molecule has 0 aliphatic heterocycles. The summed E-state index contributed by atoms with van der Waals surface area (Å²) in [4.78, 5) is 29.4. The summed E-state index contributed by atoms with van der Waals surface area (Å²) in [5.41, 5.74) is 2.96. The topological polar surface area (TPSA) is 74.0 Å². The maximum Gasteiger partial charge on any atom is 0.253 e. The van der Waals surface area contributed by atoms with Gasteiger partial charge in [-0.2, -0.15) is 0 Å². The number of aromatic nitrogens is 1. The third-order valence-electron chi connectivity index (χ3n) is 5.61. The molecule has 0 aliphatic carbocycles. The second-order valence-corrected chi connectivity index (χ2v) is 9.68. The van der Waals surface area contributed by atoms with Crippen LogP contribution in [0.1, 0.15) is 21.5 Å². The molecule has 2 amide bonds. The number of aromatic amines is 1. The van der Waals surface area contributed by atoms with Crippen LogP contribution in [-0.2, 0) is 17.6 Å². The summed E-state index contributed by atoms with van der Waals surface area (Å²) >= 11 is 24.4. The van der Waals surface area contributed by atoms with Crippen molar-refractivity contribution in [2.75, 3.05) is 6.54 Å². The molecule has 180 valence electrons. The zero-order chi connectivity index (χ0) is 24.9. The molecule has 4 aromatic rings. The average Bonchev–Trinajstić information content (AvgIpc) is 3.22. The molecule has 1 unspecified atom stereocenters. The molecule has 3 aromatic carbocycles. The molecule has 1 heterocycles. The van der Waals surface area contributed by atoms with Crippen LogP contribution in [0.25, 0.3) is 10.9 Å². The van der Waals surface area contributed by atoms with Gasteiger partial charge in [0.25, 0.3) is 5.91 Å². The third kappa shape index (κ3) is 6.30. The average molecular weight is 549 g/mol. The molecule has 35 heavy (non-hydrogen) atoms. The van der Waals surface area contributed by atoms with Crippen molar-refractivity contribution in [3.63, 3.8) is 0 Å². The van der Waals surface area contributed by atoms with Crippen LogP contribution >= 0.6 is 46.4 Å². The van der Waals surface area contributed by atoms with E-state index < -0.39 is 11.9 Å². The second-order valence-electron chi connectivity index (χ2n) is 7.99. The lowest BCUT2D eigenvalue weighted by Gasteiger charge is -2.19. The van der Waals surface area contributed by atoms with E-state index in [1.807, 2.05) is 36.5 Å². The zero-order valence-electron chi connectivity index (χ0n) is 18.4. The summed E-state index contributed by atoms with van der Waals surface area (Å²) in [7, 11) is 0. The molecule has 0 bridgehead atoms. The molecule has 0 saturated heterocycles. The predicted molar refractivity (Wildman–Crippen MR) is 143 cm³/mol. The number of rotatable bonds is 8. The highest BCUT2D eigenvalue weighted by atomic mass is 35.5. The van der Waals surface area contributed by atoms with Gasteiger partial charge in [-0.05, 0) is 53.9 Å². The number of hydrogen-bond donors (Lipinski definition) is 3. The first-order valence-electron chi connectivity index (χ1n) is 10.8. The van der Waals surface area contributed by atoms with Gasteiger partial charge in [0.2, 0.25) is 5.91 Å². The van der Waals surface area contributed by atoms with E-state index in [-0.39, 0.29) is 22.9 Å². The van der Waals surface area contributed by atoms with Crippen molar-refractivity contribution in [1.29, 1.82) is 0 Å². The molecule has 0 fully saturated rings. The van der Waals surface area contributed by atoms with E-state index in [9.17, 15) is 9.59 Å². The van der Waals surface area contributed by atoms with Crippen molar-refractivity contribution in [3.8, 4) is 0 Å². The molecule has 0 saturated carbocycles. The summed E-state index contributed by atoms with van der Waals surface area (Å²) in [5, 5.41) is 8.42. The first kappa shape index (κ1) is 25.4. The van der Waals surface area contributed by atoms with Gasteiger partial charge < -0.3 is 15.6 Å². The van der Waals surface area contributed by atoms with Crippen LogP contribution in [0, 0.1) is 0 Å². The summed E-state index contributed by atoms with van der Waals surface area (Å²) in [6.07, 6.45) is 2.65. The van der Waals surface area contributed by atoms with E-state index in [1.54, 1.807) is 18.2 Å². The minimum Gasteiger partial charge on any atom is -0.361 e. The first-order chi connectivity index (χ1) is 16.8. The fourth-order valence-corrected chi connectivity index (χ4v) is 4.80. The van der Waals surface area contributed by atoms with Gasteiger partial charge >= 0.3 is 0 Å². The Morgan fingerprint density at radius 1 is 0.857 bits per heavy atom. The van der Waals surface area contributed by atoms with Crippen LogP contribution < -0.4 is 10.6 Å². The van der Waals surface area contributed by atoms with E-state index in [2.05, 4.69) is 15.6 Å². The van der Waals surface area contributed by atoms with Crippen molar-refractivity contribution in [2.45, 2.75) is 18.9 Å². The summed E-state index contributed by atoms with van der Waals surface area (Å²) in [5.74, 6) is -0.786. The monoisotopic (exact) mass is 547 g/mol. The van der Waals surface area contributed by atoms with Crippen LogP contribution in [0.2, 0.25) is 20.1 Å². The molecule has 1 aromatic heterocycles. The van der Waals surface area contributed by atoms with E-state index in [1.165, 1.54) is 12.1 Å². The number of benzene rings is 3. The summed E-state index contributed by atoms with van der Waals surface area (Å²) in [6.45, 7) is 0.335. The molecular formula is C26H21Cl4N3O2. The number of carbonyl (C=O) groups is 2. The Balaban J connectivity index is 1.51. The largest absolute Gasteiger partial charge is 0.361 e. The van der Waals surface area contributed by atoms with Gasteiger partial charge in [-0.25, -0.2) is 0 Å². The molecular weight excluding hydrogens is 528 g/mol. The van der Waals surface area contributed by atoms with Crippen molar-refractivity contribution in [3.05, 3.63) is 104 Å². The van der Waals surface area contributed by atoms with Gasteiger partial charge in [0.05, 0.1) is 10.6 Å². The minimum atomic E-state index is -0.839. The second kappa shape index (κ2) is 11.4. The number of nitrogens with one attached hydrogen (secondary N) is 3. The lowest BCUT2D eigenvalue weighted by atomic mass is 10.0. The number of carbonyl (C=O) groups excluding carboxylic acids is 2. The van der Waals surface area contributed by atoms with E-state index >= 15 is 0 Å². The van der Waals surface area contributed by atoms with E-state index in [4.69, 9.17) is 46.4 Å². The highest BCUT2D eigenvalue weighted by Gasteiger charge is 2.24. The Kier molecular flexibility index (Phi) is 8.24. The first-order valence-corrected chi connectivity index (χ1v) is 12.4. The number of hydrogen-bond acceptors (Lipinski definition) is 2. The highest BCUT2D eigenvalue weighted by molar-refractivity contribution is 6.37. The number of fused-ring (bicyclic) bond motifs is 1. The lowest BCUT2D eigenvalue weighted by Crippen LogP contribution is -2.48. The Bertz CT molecular complexity index is 1390. The summed E-state index contributed by atoms with van der Waals surface area (Å²) in [6, 6.07) is 16.8. The lowest BCUT2D eigenvalue weighted by molar-refractivity contribution is -0.122. The van der Waals surface area contributed by atoms with Gasteiger partial charge in [-0.15, -0.1) is 0 Å². The van der Waals surface area contributed by atoms with E-state index in [0.717, 1.165) is 22.0 Å². The van der Waals surface area contributed by atoms with Gasteiger partial charge in [0, 0.05) is 45.1 Å². The maximum absolute atomic E-state index is 13.2. The fraction of sp³-hybridized carbons (Fsp3) is 0.154. The maximum atomic E-state index is 13.2. The Morgan fingerprint density at radius 3 is 2.31 bits per heavy atom. The molecule has 0 aliphatic rings. The van der Waals surface area contributed by atoms with Crippen LogP contribution in [0.5, 0.6) is 0 Å². The quantitative estimate of drug-likeness (QED) is 0.236. The van der Waals surface area contributed by atoms with Crippen LogP contribution in [0.15, 0.2) is 66.9 Å². The van der Waals surface area contributed by atoms with E-state index in [0.29, 0.717) is 28.0 Å². The molecule has 3 N–H and O–H groups in total. The molecule has 0 radical (unpaired) electrons. The summed E-state index contributed by atoms with van der Waals surface area (Å²) < 4.78 is 0. The normalized spacial score (nSPS) is 11.9. The van der Waals surface area contributed by atoms with Crippen molar-refractivity contribution in [1.82, 2.24) is 15.6 Å². The number of H-pyrrole nitrogens is 1. The molecule has 4 rings (SSSR count). The third-order valence-corrected chi connectivity index (χ3v) is 6.74. The smallest absolute Gasteiger partial charge is 0.253 e. The van der Waals surface area contributed by atoms with Gasteiger partial charge in [-0.3, -0.25) is 9.59 Å². The van der Waals surface area contributed by atoms with Crippen molar-refractivity contribution < 1.29 is 9.59 Å². The predicted octanol–water partition coefficient (Wildman–Crippen LogP) is 6.48. The SMILES string of the molecule is O=C(NC(Cc1c[nH]c2ccccc12)C(=O)NCCc1ccc(Cl)cc1Cl)c1ccc(Cl)cc1Cl. The van der Waals surface area contributed by atoms with Gasteiger partial charge in [0.15, 0.2) is 0 Å².